The standard InChI is InChI=1S/C56H73N9O8S/c1-9-64-44-19-18-37-29-41(44)42(48(64)40-17-12-24-57-46(40)35(2)72-8)31-54(3,4)34-73-53(70)56(71)22-13-27-65(60-56)52(69)43(30-39-33-74-50(37)58-39)59-49(67)47(36-15-10-11-16-36)61(7)51(68)38-21-28-62(32-38)45(66)20-23-55(5,6)63-25-14-26-63/h12,17-19,24,29,33,35-36,38,43,47,60,71H,9-11,13-16,21-22,25-28,30-32,34H2,1-8H3,(H,59,67)/t35-,38-,43-,47-,56-/m0/s1. The van der Waals surface area contributed by atoms with E-state index in [0.717, 1.165) is 89.2 Å². The number of hydrogen-bond acceptors (Lipinski definition) is 13. The molecule has 1 saturated carbocycles. The number of benzene rings is 1. The average Bonchev–Trinajstić information content (AvgIpc) is 4.21. The van der Waals surface area contributed by atoms with E-state index in [1.165, 1.54) is 21.2 Å². The number of pyridine rings is 1. The van der Waals surface area contributed by atoms with E-state index < -0.39 is 52.5 Å². The monoisotopic (exact) mass is 1030 g/mol. The molecule has 1 aromatic carbocycles. The predicted octanol–water partition coefficient (Wildman–Crippen LogP) is 5.88. The van der Waals surface area contributed by atoms with E-state index in [1.54, 1.807) is 25.3 Å². The quantitative estimate of drug-likeness (QED) is 0.127. The van der Waals surface area contributed by atoms with Crippen molar-refractivity contribution in [3.05, 3.63) is 58.9 Å². The number of methoxy groups -OCH3 is 1. The maximum Gasteiger partial charge on any atom is 0.355 e. The minimum absolute atomic E-state index is 0.00795. The van der Waals surface area contributed by atoms with Crippen molar-refractivity contribution in [1.29, 1.82) is 0 Å². The summed E-state index contributed by atoms with van der Waals surface area (Å²) in [6.45, 7) is 15.4. The van der Waals surface area contributed by atoms with Crippen molar-refractivity contribution >= 4 is 51.8 Å². The minimum atomic E-state index is -2.23. The fourth-order valence-corrected chi connectivity index (χ4v) is 12.5. The molecule has 4 aromatic rings. The van der Waals surface area contributed by atoms with Gasteiger partial charge in [0.15, 0.2) is 0 Å². The Hall–Kier alpha value is -5.71. The van der Waals surface area contributed by atoms with Crippen LogP contribution in [0.15, 0.2) is 41.9 Å². The number of likely N-dealkylation sites (N-methyl/N-ethyl adjacent to an activating group) is 1. The highest BCUT2D eigenvalue weighted by molar-refractivity contribution is 7.13. The molecule has 4 aliphatic heterocycles. The van der Waals surface area contributed by atoms with Crippen molar-refractivity contribution in [3.63, 3.8) is 0 Å². The van der Waals surface area contributed by atoms with Crippen molar-refractivity contribution in [2.24, 2.45) is 17.3 Å². The number of ether oxygens (including phenoxy) is 2. The predicted molar refractivity (Wildman–Crippen MR) is 282 cm³/mol. The lowest BCUT2D eigenvalue weighted by atomic mass is 9.84. The Labute approximate surface area is 438 Å². The summed E-state index contributed by atoms with van der Waals surface area (Å²) in [5.74, 6) is 2.80. The van der Waals surface area contributed by atoms with Crippen molar-refractivity contribution in [2.75, 3.05) is 53.5 Å². The summed E-state index contributed by atoms with van der Waals surface area (Å²) in [5.41, 5.74) is 5.74. The second-order valence-electron chi connectivity index (χ2n) is 22.3. The molecule has 3 saturated heterocycles. The number of hydrogen-bond donors (Lipinski definition) is 3. The van der Waals surface area contributed by atoms with Crippen LogP contribution in [-0.4, -0.2) is 146 Å². The Balaban J connectivity index is 1.04. The number of cyclic esters (lactones) is 1. The van der Waals surface area contributed by atoms with Gasteiger partial charge in [-0.25, -0.2) is 9.78 Å². The Kier molecular flexibility index (Phi) is 15.4. The summed E-state index contributed by atoms with van der Waals surface area (Å²) in [6.07, 6.45) is 7.05. The molecule has 5 aliphatic rings. The zero-order valence-corrected chi connectivity index (χ0v) is 45.1. The average molecular weight is 1030 g/mol. The van der Waals surface area contributed by atoms with Crippen molar-refractivity contribution in [2.45, 2.75) is 142 Å². The highest BCUT2D eigenvalue weighted by Gasteiger charge is 2.47. The van der Waals surface area contributed by atoms with Gasteiger partial charge in [0.2, 0.25) is 17.5 Å². The number of aliphatic hydroxyl groups is 1. The van der Waals surface area contributed by atoms with Gasteiger partial charge in [-0.1, -0.05) is 32.6 Å². The molecule has 17 nitrogen and oxygen atoms in total. The first kappa shape index (κ1) is 53.1. The molecular weight excluding hydrogens is 959 g/mol. The van der Waals surface area contributed by atoms with Crippen LogP contribution >= 0.6 is 11.3 Å². The van der Waals surface area contributed by atoms with Gasteiger partial charge in [-0.05, 0) is 114 Å². The number of likely N-dealkylation sites (tertiary alicyclic amines) is 2. The third-order valence-electron chi connectivity index (χ3n) is 16.1. The van der Waals surface area contributed by atoms with E-state index in [-0.39, 0.29) is 62.8 Å². The van der Waals surface area contributed by atoms with E-state index in [0.29, 0.717) is 31.6 Å². The number of carbonyl (C=O) groups is 5. The van der Waals surface area contributed by atoms with E-state index in [9.17, 15) is 29.1 Å². The molecule has 4 amide bonds. The molecule has 18 heteroatoms. The Morgan fingerprint density at radius 2 is 1.85 bits per heavy atom. The number of amides is 4. The van der Waals surface area contributed by atoms with Gasteiger partial charge in [0.05, 0.1) is 41.2 Å². The highest BCUT2D eigenvalue weighted by atomic mass is 32.1. The Bertz CT molecular complexity index is 2860. The molecule has 0 spiro atoms. The van der Waals surface area contributed by atoms with Crippen LogP contribution in [0.2, 0.25) is 0 Å². The molecule has 4 fully saturated rings. The lowest BCUT2D eigenvalue weighted by Crippen LogP contribution is -2.67. The fraction of sp³-hybridized carbons (Fsp3) is 0.589. The van der Waals surface area contributed by atoms with E-state index in [1.807, 2.05) is 46.1 Å². The number of fused-ring (bicyclic) bond motifs is 6. The summed E-state index contributed by atoms with van der Waals surface area (Å²) in [4.78, 5) is 87.1. The van der Waals surface area contributed by atoms with Gasteiger partial charge in [0.1, 0.15) is 17.1 Å². The van der Waals surface area contributed by atoms with E-state index in [2.05, 4.69) is 63.2 Å². The van der Waals surface area contributed by atoms with Crippen molar-refractivity contribution in [1.82, 2.24) is 45.0 Å². The molecule has 6 bridgehead atoms. The summed E-state index contributed by atoms with van der Waals surface area (Å²) in [5, 5.41) is 19.9. The number of esters is 1. The van der Waals surface area contributed by atoms with Crippen LogP contribution < -0.4 is 10.7 Å². The van der Waals surface area contributed by atoms with Crippen molar-refractivity contribution < 1.29 is 38.6 Å². The number of aromatic nitrogens is 3. The van der Waals surface area contributed by atoms with Crippen LogP contribution in [0, 0.1) is 29.1 Å². The molecule has 7 heterocycles. The fourth-order valence-electron chi connectivity index (χ4n) is 11.7. The first-order valence-electron chi connectivity index (χ1n) is 26.5. The van der Waals surface area contributed by atoms with Gasteiger partial charge in [0.25, 0.3) is 11.8 Å². The number of hydrazine groups is 1. The highest BCUT2D eigenvalue weighted by Crippen LogP contribution is 2.42. The number of nitrogens with zero attached hydrogens (tertiary/aromatic N) is 7. The van der Waals surface area contributed by atoms with Crippen LogP contribution in [-0.2, 0) is 52.8 Å². The molecule has 5 atom stereocenters. The number of nitrogens with one attached hydrogen (secondary N) is 2. The zero-order chi connectivity index (χ0) is 52.7. The van der Waals surface area contributed by atoms with Crippen LogP contribution in [0.4, 0.5) is 0 Å². The minimum Gasteiger partial charge on any atom is -0.462 e. The first-order valence-corrected chi connectivity index (χ1v) is 27.4. The first-order chi connectivity index (χ1) is 35.3. The molecule has 3 N–H and O–H groups in total. The van der Waals surface area contributed by atoms with Crippen LogP contribution in [0.5, 0.6) is 0 Å². The van der Waals surface area contributed by atoms with Crippen LogP contribution in [0.25, 0.3) is 32.7 Å². The van der Waals surface area contributed by atoms with Crippen LogP contribution in [0.1, 0.15) is 116 Å². The number of thiazole rings is 1. The lowest BCUT2D eigenvalue weighted by Gasteiger charge is -2.41. The molecule has 396 valence electrons. The topological polar surface area (TPSA) is 192 Å². The molecule has 0 radical (unpaired) electrons. The summed E-state index contributed by atoms with van der Waals surface area (Å²) >= 11 is 1.44. The van der Waals surface area contributed by atoms with Gasteiger partial charge in [-0.3, -0.25) is 34.1 Å². The molecular formula is C56H73N9O8S. The lowest BCUT2D eigenvalue weighted by molar-refractivity contribution is -0.189. The number of rotatable bonds is 10. The SMILES string of the molecule is CCn1c(-c2cccnc2[C@H](C)OC)c2c3cc(ccc31)-c1nc(cs1)C[C@H](NC(=O)[C@H](C1CCCC1)N(C)C(=O)[C@H]1CCN(C(=O)C#CC(C)(C)N3CCC3)C1)C(=O)N1CCC[C@@](O)(N1)C(=O)OCC(C)(C)C2. The maximum absolute atomic E-state index is 15.0. The van der Waals surface area contributed by atoms with Crippen molar-refractivity contribution in [3.8, 4) is 33.7 Å². The molecule has 3 aromatic heterocycles. The van der Waals surface area contributed by atoms with Gasteiger partial charge < -0.3 is 34.3 Å². The summed E-state index contributed by atoms with van der Waals surface area (Å²) in [6, 6.07) is 8.21. The smallest absolute Gasteiger partial charge is 0.355 e. The zero-order valence-electron chi connectivity index (χ0n) is 44.3. The maximum atomic E-state index is 15.0. The number of carbonyl (C=O) groups excluding carboxylic acids is 5. The summed E-state index contributed by atoms with van der Waals surface area (Å²) in [7, 11) is 3.32. The normalized spacial score (nSPS) is 23.6. The Morgan fingerprint density at radius 3 is 2.57 bits per heavy atom. The van der Waals surface area contributed by atoms with Gasteiger partial charge in [-0.2, -0.15) is 5.43 Å². The summed E-state index contributed by atoms with van der Waals surface area (Å²) < 4.78 is 14.1. The Morgan fingerprint density at radius 1 is 1.08 bits per heavy atom. The van der Waals surface area contributed by atoms with E-state index in [4.69, 9.17) is 19.4 Å². The van der Waals surface area contributed by atoms with Gasteiger partial charge in [-0.15, -0.1) is 11.3 Å². The van der Waals surface area contributed by atoms with Gasteiger partial charge in [0, 0.05) is 105 Å². The molecule has 0 unspecified atom stereocenters. The molecule has 1 aliphatic carbocycles. The number of aryl methyl sites for hydroxylation is 1. The van der Waals surface area contributed by atoms with Gasteiger partial charge >= 0.3 is 5.97 Å². The third-order valence-corrected chi connectivity index (χ3v) is 17.0. The third kappa shape index (κ3) is 10.7. The second-order valence-corrected chi connectivity index (χ2v) is 23.2. The van der Waals surface area contributed by atoms with E-state index >= 15 is 0 Å². The second kappa shape index (κ2) is 21.5. The molecule has 74 heavy (non-hydrogen) atoms. The van der Waals surface area contributed by atoms with Crippen LogP contribution in [0.3, 0.4) is 0 Å². The molecule has 9 rings (SSSR count). The largest absolute Gasteiger partial charge is 0.462 e.